The van der Waals surface area contributed by atoms with Gasteiger partial charge in [0.1, 0.15) is 12.1 Å². The van der Waals surface area contributed by atoms with Gasteiger partial charge >= 0.3 is 5.97 Å². The van der Waals surface area contributed by atoms with Crippen LogP contribution in [0.5, 0.6) is 0 Å². The summed E-state index contributed by atoms with van der Waals surface area (Å²) in [5, 5.41) is 14.6. The molecule has 0 aliphatic carbocycles. The van der Waals surface area contributed by atoms with Gasteiger partial charge in [-0.3, -0.25) is 4.79 Å². The van der Waals surface area contributed by atoms with Crippen molar-refractivity contribution in [2.24, 2.45) is 5.92 Å². The van der Waals surface area contributed by atoms with Gasteiger partial charge in [-0.25, -0.2) is 4.79 Å². The number of ether oxygens (including phenoxy) is 1. The molecule has 0 aromatic heterocycles. The quantitative estimate of drug-likeness (QED) is 0.612. The predicted octanol–water partition coefficient (Wildman–Crippen LogP) is -0.410. The van der Waals surface area contributed by atoms with Crippen molar-refractivity contribution in [1.82, 2.24) is 10.6 Å². The second kappa shape index (κ2) is 6.56. The van der Waals surface area contributed by atoms with Gasteiger partial charge in [0.15, 0.2) is 0 Å². The molecule has 17 heavy (non-hydrogen) atoms. The fourth-order valence-electron chi connectivity index (χ4n) is 1.67. The molecule has 1 fully saturated rings. The molecule has 1 heterocycles. The molecule has 3 atom stereocenters. The summed E-state index contributed by atoms with van der Waals surface area (Å²) >= 11 is 0. The van der Waals surface area contributed by atoms with Crippen LogP contribution < -0.4 is 10.6 Å². The smallest absolute Gasteiger partial charge is 0.326 e. The van der Waals surface area contributed by atoms with Gasteiger partial charge in [0.2, 0.25) is 5.91 Å². The maximum absolute atomic E-state index is 11.8. The molecule has 0 spiro atoms. The molecular weight excluding hydrogens is 224 g/mol. The largest absolute Gasteiger partial charge is 0.480 e. The molecule has 98 valence electrons. The van der Waals surface area contributed by atoms with Crippen molar-refractivity contribution in [2.45, 2.75) is 32.4 Å². The summed E-state index contributed by atoms with van der Waals surface area (Å²) in [6.45, 7) is 5.19. The Balaban J connectivity index is 2.53. The molecule has 0 radical (unpaired) electrons. The molecule has 6 heteroatoms. The third-order valence-corrected chi connectivity index (χ3v) is 3.01. The topological polar surface area (TPSA) is 87.7 Å². The zero-order chi connectivity index (χ0) is 12.8. The summed E-state index contributed by atoms with van der Waals surface area (Å²) in [5.41, 5.74) is 0. The fourth-order valence-corrected chi connectivity index (χ4v) is 1.67. The van der Waals surface area contributed by atoms with Crippen molar-refractivity contribution in [3.63, 3.8) is 0 Å². The average molecular weight is 244 g/mol. The summed E-state index contributed by atoms with van der Waals surface area (Å²) in [7, 11) is 0. The fraction of sp³-hybridized carbons (Fsp3) is 0.818. The lowest BCUT2D eigenvalue weighted by atomic mass is 9.99. The molecule has 3 N–H and O–H groups in total. The zero-order valence-electron chi connectivity index (χ0n) is 10.2. The van der Waals surface area contributed by atoms with E-state index in [9.17, 15) is 9.59 Å². The normalized spacial score (nSPS) is 23.8. The Kier molecular flexibility index (Phi) is 5.37. The first-order valence-corrected chi connectivity index (χ1v) is 5.90. The zero-order valence-corrected chi connectivity index (χ0v) is 10.2. The van der Waals surface area contributed by atoms with Gasteiger partial charge in [0.05, 0.1) is 13.2 Å². The van der Waals surface area contributed by atoms with Crippen molar-refractivity contribution in [3.8, 4) is 0 Å². The van der Waals surface area contributed by atoms with Crippen LogP contribution in [0.3, 0.4) is 0 Å². The Bertz CT molecular complexity index is 277. The molecule has 1 amide bonds. The van der Waals surface area contributed by atoms with E-state index in [1.54, 1.807) is 0 Å². The summed E-state index contributed by atoms with van der Waals surface area (Å²) in [6, 6.07) is -1.29. The molecule has 3 unspecified atom stereocenters. The molecule has 0 aromatic carbocycles. The van der Waals surface area contributed by atoms with E-state index in [4.69, 9.17) is 9.84 Å². The minimum absolute atomic E-state index is 0.0963. The van der Waals surface area contributed by atoms with Crippen LogP contribution in [0.15, 0.2) is 0 Å². The number of carbonyl (C=O) groups is 2. The number of nitrogens with one attached hydrogen (secondary N) is 2. The molecule has 6 nitrogen and oxygen atoms in total. The lowest BCUT2D eigenvalue weighted by molar-refractivity contribution is -0.144. The first-order chi connectivity index (χ1) is 8.06. The van der Waals surface area contributed by atoms with E-state index in [1.807, 2.05) is 13.8 Å². The van der Waals surface area contributed by atoms with Crippen LogP contribution in [0.2, 0.25) is 0 Å². The van der Waals surface area contributed by atoms with Gasteiger partial charge in [-0.1, -0.05) is 20.3 Å². The van der Waals surface area contributed by atoms with Crippen LogP contribution in [0, 0.1) is 5.92 Å². The minimum Gasteiger partial charge on any atom is -0.480 e. The van der Waals surface area contributed by atoms with Crippen molar-refractivity contribution in [1.29, 1.82) is 0 Å². The first kappa shape index (κ1) is 13.9. The van der Waals surface area contributed by atoms with E-state index in [-0.39, 0.29) is 11.8 Å². The number of hydrogen-bond donors (Lipinski definition) is 3. The highest BCUT2D eigenvalue weighted by Gasteiger charge is 2.29. The number of carboxylic acid groups (broad SMARTS) is 1. The van der Waals surface area contributed by atoms with Crippen molar-refractivity contribution in [2.75, 3.05) is 19.8 Å². The number of carboxylic acids is 1. The number of carbonyl (C=O) groups excluding carboxylic acids is 1. The molecule has 1 aliphatic rings. The highest BCUT2D eigenvalue weighted by atomic mass is 16.5. The van der Waals surface area contributed by atoms with E-state index in [0.717, 1.165) is 0 Å². The SMILES string of the molecule is CCC(C)C(NC(=O)C1COCCN1)C(=O)O. The van der Waals surface area contributed by atoms with Gasteiger partial charge < -0.3 is 20.5 Å². The third-order valence-electron chi connectivity index (χ3n) is 3.01. The minimum atomic E-state index is -0.996. The molecule has 1 rings (SSSR count). The molecule has 0 bridgehead atoms. The number of morpholine rings is 1. The summed E-state index contributed by atoms with van der Waals surface area (Å²) in [4.78, 5) is 22.9. The Labute approximate surface area is 101 Å². The Hall–Kier alpha value is -1.14. The van der Waals surface area contributed by atoms with Gasteiger partial charge in [-0.2, -0.15) is 0 Å². The van der Waals surface area contributed by atoms with E-state index in [0.29, 0.717) is 26.2 Å². The van der Waals surface area contributed by atoms with Crippen LogP contribution in [-0.4, -0.2) is 48.8 Å². The van der Waals surface area contributed by atoms with E-state index < -0.39 is 18.1 Å². The van der Waals surface area contributed by atoms with Crippen LogP contribution in [0.4, 0.5) is 0 Å². The monoisotopic (exact) mass is 244 g/mol. The Morgan fingerprint density at radius 1 is 1.59 bits per heavy atom. The number of rotatable bonds is 5. The number of hydrogen-bond acceptors (Lipinski definition) is 4. The predicted molar refractivity (Wildman–Crippen MR) is 61.6 cm³/mol. The second-order valence-electron chi connectivity index (χ2n) is 4.29. The van der Waals surface area contributed by atoms with E-state index in [1.165, 1.54) is 0 Å². The van der Waals surface area contributed by atoms with Crippen molar-refractivity contribution < 1.29 is 19.4 Å². The highest BCUT2D eigenvalue weighted by molar-refractivity contribution is 5.87. The van der Waals surface area contributed by atoms with E-state index >= 15 is 0 Å². The highest BCUT2D eigenvalue weighted by Crippen LogP contribution is 2.08. The maximum Gasteiger partial charge on any atom is 0.326 e. The molecular formula is C11H20N2O4. The molecule has 1 aliphatic heterocycles. The molecule has 0 aromatic rings. The first-order valence-electron chi connectivity index (χ1n) is 5.90. The van der Waals surface area contributed by atoms with Crippen LogP contribution in [-0.2, 0) is 14.3 Å². The van der Waals surface area contributed by atoms with Crippen LogP contribution in [0.1, 0.15) is 20.3 Å². The van der Waals surface area contributed by atoms with Crippen molar-refractivity contribution >= 4 is 11.9 Å². The summed E-state index contributed by atoms with van der Waals surface area (Å²) in [5.74, 6) is -1.40. The number of aliphatic carboxylic acids is 1. The third kappa shape index (κ3) is 3.98. The summed E-state index contributed by atoms with van der Waals surface area (Å²) < 4.78 is 5.16. The Morgan fingerprint density at radius 2 is 2.29 bits per heavy atom. The standard InChI is InChI=1S/C11H20N2O4/c1-3-7(2)9(11(15)16)13-10(14)8-6-17-5-4-12-8/h7-9,12H,3-6H2,1-2H3,(H,13,14)(H,15,16). The molecule has 1 saturated heterocycles. The lowest BCUT2D eigenvalue weighted by Crippen LogP contribution is -2.56. The van der Waals surface area contributed by atoms with Gasteiger partial charge in [0, 0.05) is 6.54 Å². The lowest BCUT2D eigenvalue weighted by Gasteiger charge is -2.26. The van der Waals surface area contributed by atoms with E-state index in [2.05, 4.69) is 10.6 Å². The number of amides is 1. The van der Waals surface area contributed by atoms with Crippen LogP contribution >= 0.6 is 0 Å². The Morgan fingerprint density at radius 3 is 2.76 bits per heavy atom. The molecule has 0 saturated carbocycles. The van der Waals surface area contributed by atoms with Gasteiger partial charge in [0.25, 0.3) is 0 Å². The van der Waals surface area contributed by atoms with Gasteiger partial charge in [-0.15, -0.1) is 0 Å². The van der Waals surface area contributed by atoms with Crippen molar-refractivity contribution in [3.05, 3.63) is 0 Å². The van der Waals surface area contributed by atoms with Crippen LogP contribution in [0.25, 0.3) is 0 Å². The average Bonchev–Trinajstić information content (AvgIpc) is 2.35. The maximum atomic E-state index is 11.8. The summed E-state index contributed by atoms with van der Waals surface area (Å²) in [6.07, 6.45) is 0.700. The van der Waals surface area contributed by atoms with Gasteiger partial charge in [-0.05, 0) is 5.92 Å². The second-order valence-corrected chi connectivity index (χ2v) is 4.29.